The molecule has 2 aromatic rings. The molecule has 0 radical (unpaired) electrons. The molecule has 0 spiro atoms. The molecule has 0 heterocycles. The van der Waals surface area contributed by atoms with Crippen LogP contribution in [-0.4, -0.2) is 13.1 Å². The number of esters is 1. The minimum atomic E-state index is -0.393. The van der Waals surface area contributed by atoms with Crippen molar-refractivity contribution in [3.63, 3.8) is 0 Å². The van der Waals surface area contributed by atoms with Gasteiger partial charge in [-0.3, -0.25) is 0 Å². The largest absolute Gasteiger partial charge is 0.465 e. The number of hydrogen-bond donors (Lipinski definition) is 1. The number of halogens is 1. The Morgan fingerprint density at radius 3 is 2.61 bits per heavy atom. The molecule has 0 fully saturated rings. The van der Waals surface area contributed by atoms with E-state index in [0.717, 1.165) is 15.6 Å². The number of benzene rings is 2. The molecular weight excluding hydrogens is 294 g/mol. The lowest BCUT2D eigenvalue weighted by Crippen LogP contribution is -2.02. The van der Waals surface area contributed by atoms with Crippen LogP contribution in [0.15, 0.2) is 46.9 Å². The third kappa shape index (κ3) is 2.54. The fourth-order valence-corrected chi connectivity index (χ4v) is 2.25. The number of methoxy groups -OCH3 is 1. The van der Waals surface area contributed by atoms with Crippen LogP contribution in [0.5, 0.6) is 0 Å². The normalized spacial score (nSPS) is 10.1. The molecule has 2 rings (SSSR count). The number of ether oxygens (including phenoxy) is 1. The molecule has 3 nitrogen and oxygen atoms in total. The molecule has 4 heteroatoms. The van der Waals surface area contributed by atoms with Crippen LogP contribution in [0.2, 0.25) is 0 Å². The van der Waals surface area contributed by atoms with Crippen LogP contribution in [-0.2, 0) is 4.74 Å². The Bertz CT molecular complexity index is 596. The fourth-order valence-electron chi connectivity index (χ4n) is 1.74. The summed E-state index contributed by atoms with van der Waals surface area (Å²) in [5.74, 6) is -0.393. The maximum absolute atomic E-state index is 11.5. The van der Waals surface area contributed by atoms with Gasteiger partial charge in [-0.1, -0.05) is 34.1 Å². The number of anilines is 1. The van der Waals surface area contributed by atoms with Gasteiger partial charge < -0.3 is 10.5 Å². The van der Waals surface area contributed by atoms with Crippen molar-refractivity contribution in [2.45, 2.75) is 0 Å². The topological polar surface area (TPSA) is 52.3 Å². The van der Waals surface area contributed by atoms with Crippen molar-refractivity contribution in [3.8, 4) is 11.1 Å². The van der Waals surface area contributed by atoms with Crippen molar-refractivity contribution in [1.29, 1.82) is 0 Å². The second kappa shape index (κ2) is 5.23. The highest BCUT2D eigenvalue weighted by molar-refractivity contribution is 9.10. The predicted molar refractivity (Wildman–Crippen MR) is 75.3 cm³/mol. The van der Waals surface area contributed by atoms with Crippen LogP contribution in [0.4, 0.5) is 5.69 Å². The summed E-state index contributed by atoms with van der Waals surface area (Å²) in [6, 6.07) is 13.0. The van der Waals surface area contributed by atoms with E-state index in [1.165, 1.54) is 7.11 Å². The first-order valence-corrected chi connectivity index (χ1v) is 6.15. The van der Waals surface area contributed by atoms with E-state index in [0.29, 0.717) is 11.3 Å². The van der Waals surface area contributed by atoms with Gasteiger partial charge in [0.25, 0.3) is 0 Å². The monoisotopic (exact) mass is 305 g/mol. The van der Waals surface area contributed by atoms with Crippen LogP contribution in [0, 0.1) is 0 Å². The van der Waals surface area contributed by atoms with Gasteiger partial charge in [0.05, 0.1) is 12.7 Å². The molecule has 0 unspecified atom stereocenters. The molecule has 0 aromatic heterocycles. The first-order chi connectivity index (χ1) is 8.61. The molecule has 92 valence electrons. The molecular formula is C14H12BrNO2. The van der Waals surface area contributed by atoms with E-state index in [9.17, 15) is 4.79 Å². The maximum atomic E-state index is 11.5. The molecule has 0 amide bonds. The number of hydrogen-bond acceptors (Lipinski definition) is 3. The molecule has 0 saturated heterocycles. The van der Waals surface area contributed by atoms with Gasteiger partial charge in [0.2, 0.25) is 0 Å². The summed E-state index contributed by atoms with van der Waals surface area (Å²) >= 11 is 3.48. The van der Waals surface area contributed by atoms with E-state index in [2.05, 4.69) is 15.9 Å². The Morgan fingerprint density at radius 2 is 1.94 bits per heavy atom. The van der Waals surface area contributed by atoms with E-state index in [1.54, 1.807) is 12.1 Å². The zero-order valence-electron chi connectivity index (χ0n) is 9.81. The van der Waals surface area contributed by atoms with Gasteiger partial charge in [0.15, 0.2) is 0 Å². The van der Waals surface area contributed by atoms with Crippen LogP contribution >= 0.6 is 15.9 Å². The molecule has 0 aliphatic heterocycles. The first-order valence-electron chi connectivity index (χ1n) is 5.35. The van der Waals surface area contributed by atoms with Crippen LogP contribution < -0.4 is 5.73 Å². The molecule has 2 N–H and O–H groups in total. The van der Waals surface area contributed by atoms with E-state index >= 15 is 0 Å². The molecule has 0 aliphatic rings. The molecule has 0 aliphatic carbocycles. The minimum Gasteiger partial charge on any atom is -0.465 e. The number of carbonyl (C=O) groups is 1. The number of rotatable bonds is 2. The first kappa shape index (κ1) is 12.6. The van der Waals surface area contributed by atoms with Crippen LogP contribution in [0.25, 0.3) is 11.1 Å². The summed E-state index contributed by atoms with van der Waals surface area (Å²) in [5, 5.41) is 0. The van der Waals surface area contributed by atoms with Crippen LogP contribution in [0.1, 0.15) is 10.4 Å². The van der Waals surface area contributed by atoms with Gasteiger partial charge >= 0.3 is 5.97 Å². The lowest BCUT2D eigenvalue weighted by molar-refractivity contribution is 0.0601. The van der Waals surface area contributed by atoms with Crippen molar-refractivity contribution >= 4 is 27.6 Å². The van der Waals surface area contributed by atoms with Crippen molar-refractivity contribution in [3.05, 3.63) is 52.5 Å². The van der Waals surface area contributed by atoms with E-state index in [-0.39, 0.29) is 0 Å². The molecule has 0 atom stereocenters. The van der Waals surface area contributed by atoms with Crippen molar-refractivity contribution in [2.24, 2.45) is 0 Å². The summed E-state index contributed by atoms with van der Waals surface area (Å²) in [7, 11) is 1.35. The SMILES string of the molecule is COC(=O)c1cc(N)cc(-c2ccccc2Br)c1. The Labute approximate surface area is 114 Å². The predicted octanol–water partition coefficient (Wildman–Crippen LogP) is 3.48. The quantitative estimate of drug-likeness (QED) is 0.682. The maximum Gasteiger partial charge on any atom is 0.337 e. The summed E-state index contributed by atoms with van der Waals surface area (Å²) in [5.41, 5.74) is 8.65. The van der Waals surface area contributed by atoms with E-state index in [4.69, 9.17) is 10.5 Å². The van der Waals surface area contributed by atoms with Gasteiger partial charge in [-0.2, -0.15) is 0 Å². The minimum absolute atomic E-state index is 0.393. The summed E-state index contributed by atoms with van der Waals surface area (Å²) < 4.78 is 5.66. The third-order valence-electron chi connectivity index (χ3n) is 2.56. The van der Waals surface area contributed by atoms with Crippen LogP contribution in [0.3, 0.4) is 0 Å². The van der Waals surface area contributed by atoms with Crippen molar-refractivity contribution in [2.75, 3.05) is 12.8 Å². The molecule has 0 saturated carbocycles. The lowest BCUT2D eigenvalue weighted by atomic mass is 10.0. The van der Waals surface area contributed by atoms with Gasteiger partial charge in [0.1, 0.15) is 0 Å². The highest BCUT2D eigenvalue weighted by Gasteiger charge is 2.10. The fraction of sp³-hybridized carbons (Fsp3) is 0.0714. The zero-order valence-corrected chi connectivity index (χ0v) is 11.4. The Hall–Kier alpha value is -1.81. The number of nitrogen functional groups attached to an aromatic ring is 1. The Balaban J connectivity index is 2.55. The highest BCUT2D eigenvalue weighted by Crippen LogP contribution is 2.30. The van der Waals surface area contributed by atoms with E-state index in [1.807, 2.05) is 30.3 Å². The zero-order chi connectivity index (χ0) is 13.1. The second-order valence-electron chi connectivity index (χ2n) is 3.82. The Kier molecular flexibility index (Phi) is 3.67. The number of carbonyl (C=O) groups excluding carboxylic acids is 1. The smallest absolute Gasteiger partial charge is 0.337 e. The van der Waals surface area contributed by atoms with Gasteiger partial charge in [-0.25, -0.2) is 4.79 Å². The average Bonchev–Trinajstić information content (AvgIpc) is 2.37. The average molecular weight is 306 g/mol. The second-order valence-corrected chi connectivity index (χ2v) is 4.67. The third-order valence-corrected chi connectivity index (χ3v) is 3.25. The number of nitrogens with two attached hydrogens (primary N) is 1. The van der Waals surface area contributed by atoms with Gasteiger partial charge in [-0.05, 0) is 35.4 Å². The van der Waals surface area contributed by atoms with Crippen molar-refractivity contribution in [1.82, 2.24) is 0 Å². The molecule has 18 heavy (non-hydrogen) atoms. The lowest BCUT2D eigenvalue weighted by Gasteiger charge is -2.08. The summed E-state index contributed by atoms with van der Waals surface area (Å²) in [4.78, 5) is 11.5. The highest BCUT2D eigenvalue weighted by atomic mass is 79.9. The Morgan fingerprint density at radius 1 is 1.22 bits per heavy atom. The molecule has 2 aromatic carbocycles. The van der Waals surface area contributed by atoms with Gasteiger partial charge in [-0.15, -0.1) is 0 Å². The van der Waals surface area contributed by atoms with Crippen molar-refractivity contribution < 1.29 is 9.53 Å². The summed E-state index contributed by atoms with van der Waals surface area (Å²) in [6.07, 6.45) is 0. The molecule has 0 bridgehead atoms. The van der Waals surface area contributed by atoms with Gasteiger partial charge in [0, 0.05) is 10.2 Å². The summed E-state index contributed by atoms with van der Waals surface area (Å²) in [6.45, 7) is 0. The van der Waals surface area contributed by atoms with E-state index < -0.39 is 5.97 Å². The standard InChI is InChI=1S/C14H12BrNO2/c1-18-14(17)10-6-9(7-11(16)8-10)12-4-2-3-5-13(12)15/h2-8H,16H2,1H3.